The molecule has 0 amide bonds. The van der Waals surface area contributed by atoms with E-state index in [0.29, 0.717) is 0 Å². The molecule has 0 fully saturated rings. The highest BCUT2D eigenvalue weighted by atomic mass is 19.1. The Hall–Kier alpha value is -2.77. The van der Waals surface area contributed by atoms with Gasteiger partial charge in [-0.25, -0.2) is 14.2 Å². The summed E-state index contributed by atoms with van der Waals surface area (Å²) in [6.07, 6.45) is 0. The Morgan fingerprint density at radius 3 is 2.68 bits per heavy atom. The van der Waals surface area contributed by atoms with Crippen LogP contribution in [-0.4, -0.2) is 21.0 Å². The lowest BCUT2D eigenvalue weighted by molar-refractivity contribution is -0.385. The lowest BCUT2D eigenvalue weighted by atomic mass is 10.2. The molecule has 98 valence electrons. The van der Waals surface area contributed by atoms with Gasteiger partial charge in [0, 0.05) is 11.6 Å². The number of aryl methyl sites for hydroxylation is 1. The minimum absolute atomic E-state index is 0.00213. The number of halogens is 1. The van der Waals surface area contributed by atoms with Gasteiger partial charge in [0.05, 0.1) is 11.0 Å². The summed E-state index contributed by atoms with van der Waals surface area (Å²) in [5, 5.41) is 19.4. The summed E-state index contributed by atoms with van der Waals surface area (Å²) in [4.78, 5) is 24.3. The SMILES string of the molecule is Cc1oc(-c2cc(F)cc([N+](=O)[O-])c2)nc1C(=O)O. The molecule has 1 aromatic carbocycles. The Morgan fingerprint density at radius 2 is 2.16 bits per heavy atom. The van der Waals surface area contributed by atoms with E-state index in [2.05, 4.69) is 4.98 Å². The minimum Gasteiger partial charge on any atom is -0.476 e. The van der Waals surface area contributed by atoms with E-state index in [1.807, 2.05) is 0 Å². The number of carbonyl (C=O) groups is 1. The van der Waals surface area contributed by atoms with Gasteiger partial charge < -0.3 is 9.52 Å². The first kappa shape index (κ1) is 12.7. The van der Waals surface area contributed by atoms with Crippen molar-refractivity contribution in [2.75, 3.05) is 0 Å². The van der Waals surface area contributed by atoms with Crippen LogP contribution in [0.15, 0.2) is 22.6 Å². The molecule has 1 N–H and O–H groups in total. The van der Waals surface area contributed by atoms with Crippen LogP contribution >= 0.6 is 0 Å². The second kappa shape index (κ2) is 4.48. The van der Waals surface area contributed by atoms with Crippen molar-refractivity contribution in [3.05, 3.63) is 45.6 Å². The molecule has 1 aromatic heterocycles. The summed E-state index contributed by atoms with van der Waals surface area (Å²) in [6.45, 7) is 1.38. The molecule has 0 saturated heterocycles. The first-order chi connectivity index (χ1) is 8.88. The Balaban J connectivity index is 2.55. The fourth-order valence-corrected chi connectivity index (χ4v) is 1.52. The predicted octanol–water partition coefficient (Wildman–Crippen LogP) is 2.40. The molecule has 0 aliphatic carbocycles. The van der Waals surface area contributed by atoms with E-state index in [-0.39, 0.29) is 22.9 Å². The number of nitro groups is 1. The largest absolute Gasteiger partial charge is 0.476 e. The van der Waals surface area contributed by atoms with Crippen LogP contribution in [0.1, 0.15) is 16.2 Å². The van der Waals surface area contributed by atoms with Gasteiger partial charge in [-0.2, -0.15) is 0 Å². The zero-order valence-corrected chi connectivity index (χ0v) is 9.58. The quantitative estimate of drug-likeness (QED) is 0.675. The molecule has 7 nitrogen and oxygen atoms in total. The van der Waals surface area contributed by atoms with Crippen LogP contribution in [-0.2, 0) is 0 Å². The summed E-state index contributed by atoms with van der Waals surface area (Å²) in [6, 6.07) is 2.78. The molecule has 0 spiro atoms. The lowest BCUT2D eigenvalue weighted by Gasteiger charge is -1.97. The van der Waals surface area contributed by atoms with Crippen molar-refractivity contribution in [1.82, 2.24) is 4.98 Å². The molecule has 19 heavy (non-hydrogen) atoms. The van der Waals surface area contributed by atoms with Gasteiger partial charge in [-0.3, -0.25) is 10.1 Å². The summed E-state index contributed by atoms with van der Waals surface area (Å²) in [7, 11) is 0. The third-order valence-electron chi connectivity index (χ3n) is 2.34. The number of hydrogen-bond acceptors (Lipinski definition) is 5. The maximum absolute atomic E-state index is 13.2. The van der Waals surface area contributed by atoms with Crippen molar-refractivity contribution in [2.45, 2.75) is 6.92 Å². The molecule has 2 rings (SSSR count). The summed E-state index contributed by atoms with van der Waals surface area (Å²) in [5.41, 5.74) is -0.785. The highest BCUT2D eigenvalue weighted by molar-refractivity contribution is 5.87. The number of oxazole rings is 1. The van der Waals surface area contributed by atoms with E-state index in [4.69, 9.17) is 9.52 Å². The van der Waals surface area contributed by atoms with Gasteiger partial charge in [0.25, 0.3) is 5.69 Å². The first-order valence-electron chi connectivity index (χ1n) is 5.04. The summed E-state index contributed by atoms with van der Waals surface area (Å²) in [5.74, 6) is -2.28. The number of carboxylic acid groups (broad SMARTS) is 1. The highest BCUT2D eigenvalue weighted by Gasteiger charge is 2.19. The van der Waals surface area contributed by atoms with Gasteiger partial charge in [0.2, 0.25) is 5.89 Å². The van der Waals surface area contributed by atoms with Crippen molar-refractivity contribution < 1.29 is 23.6 Å². The van der Waals surface area contributed by atoms with Crippen LogP contribution in [0.5, 0.6) is 0 Å². The van der Waals surface area contributed by atoms with Crippen molar-refractivity contribution in [2.24, 2.45) is 0 Å². The second-order valence-corrected chi connectivity index (χ2v) is 3.68. The normalized spacial score (nSPS) is 10.4. The van der Waals surface area contributed by atoms with Gasteiger partial charge in [0.15, 0.2) is 5.69 Å². The summed E-state index contributed by atoms with van der Waals surface area (Å²) < 4.78 is 18.3. The molecule has 0 saturated carbocycles. The number of non-ortho nitro benzene ring substituents is 1. The van der Waals surface area contributed by atoms with E-state index in [1.54, 1.807) is 0 Å². The second-order valence-electron chi connectivity index (χ2n) is 3.68. The van der Waals surface area contributed by atoms with Crippen LogP contribution < -0.4 is 0 Å². The zero-order chi connectivity index (χ0) is 14.2. The van der Waals surface area contributed by atoms with Crippen molar-refractivity contribution in [3.8, 4) is 11.5 Å². The monoisotopic (exact) mass is 266 g/mol. The number of aromatic nitrogens is 1. The number of aromatic carboxylic acids is 1. The van der Waals surface area contributed by atoms with Gasteiger partial charge in [-0.05, 0) is 13.0 Å². The maximum Gasteiger partial charge on any atom is 0.358 e. The molecule has 0 unspecified atom stereocenters. The minimum atomic E-state index is -1.29. The van der Waals surface area contributed by atoms with E-state index >= 15 is 0 Å². The van der Waals surface area contributed by atoms with Crippen LogP contribution in [0.2, 0.25) is 0 Å². The van der Waals surface area contributed by atoms with Crippen LogP contribution in [0.3, 0.4) is 0 Å². The molecule has 0 aliphatic rings. The molecule has 0 radical (unpaired) electrons. The lowest BCUT2D eigenvalue weighted by Crippen LogP contribution is -1.98. The van der Waals surface area contributed by atoms with Crippen LogP contribution in [0, 0.1) is 22.9 Å². The van der Waals surface area contributed by atoms with Gasteiger partial charge in [0.1, 0.15) is 11.6 Å². The number of carboxylic acids is 1. The summed E-state index contributed by atoms with van der Waals surface area (Å²) >= 11 is 0. The number of nitrogens with zero attached hydrogens (tertiary/aromatic N) is 2. The van der Waals surface area contributed by atoms with Crippen LogP contribution in [0.25, 0.3) is 11.5 Å². The number of hydrogen-bond donors (Lipinski definition) is 1. The van der Waals surface area contributed by atoms with Crippen molar-refractivity contribution in [1.29, 1.82) is 0 Å². The third kappa shape index (κ3) is 2.41. The fourth-order valence-electron chi connectivity index (χ4n) is 1.52. The molecule has 0 aliphatic heterocycles. The van der Waals surface area contributed by atoms with Gasteiger partial charge in [-0.1, -0.05) is 0 Å². The Labute approximate surface area is 105 Å². The highest BCUT2D eigenvalue weighted by Crippen LogP contribution is 2.26. The number of benzene rings is 1. The Kier molecular flexibility index (Phi) is 2.99. The molecule has 2 aromatic rings. The third-order valence-corrected chi connectivity index (χ3v) is 2.34. The first-order valence-corrected chi connectivity index (χ1v) is 5.04. The van der Waals surface area contributed by atoms with Crippen molar-refractivity contribution >= 4 is 11.7 Å². The van der Waals surface area contributed by atoms with Gasteiger partial charge >= 0.3 is 5.97 Å². The molecule has 8 heteroatoms. The van der Waals surface area contributed by atoms with Crippen molar-refractivity contribution in [3.63, 3.8) is 0 Å². The number of rotatable bonds is 3. The average Bonchev–Trinajstić information content (AvgIpc) is 2.70. The smallest absolute Gasteiger partial charge is 0.358 e. The molecule has 0 bridgehead atoms. The topological polar surface area (TPSA) is 106 Å². The average molecular weight is 266 g/mol. The standard InChI is InChI=1S/C11H7FN2O5/c1-5-9(11(15)16)13-10(19-5)6-2-7(12)4-8(3-6)14(17)18/h2-4H,1H3,(H,15,16). The maximum atomic E-state index is 13.2. The molecule has 1 heterocycles. The zero-order valence-electron chi connectivity index (χ0n) is 9.58. The molecular formula is C11H7FN2O5. The number of nitro benzene ring substituents is 1. The van der Waals surface area contributed by atoms with E-state index in [1.165, 1.54) is 6.92 Å². The Morgan fingerprint density at radius 1 is 1.47 bits per heavy atom. The van der Waals surface area contributed by atoms with E-state index in [0.717, 1.165) is 18.2 Å². The van der Waals surface area contributed by atoms with Crippen LogP contribution in [0.4, 0.5) is 10.1 Å². The van der Waals surface area contributed by atoms with E-state index < -0.39 is 22.4 Å². The predicted molar refractivity (Wildman–Crippen MR) is 60.2 cm³/mol. The van der Waals surface area contributed by atoms with E-state index in [9.17, 15) is 19.3 Å². The molecular weight excluding hydrogens is 259 g/mol. The fraction of sp³-hybridized carbons (Fsp3) is 0.0909. The Bertz CT molecular complexity index is 680. The molecule has 0 atom stereocenters. The van der Waals surface area contributed by atoms with Gasteiger partial charge in [-0.15, -0.1) is 0 Å².